The summed E-state index contributed by atoms with van der Waals surface area (Å²) in [5.74, 6) is 0.736. The summed E-state index contributed by atoms with van der Waals surface area (Å²) in [7, 11) is 0. The number of aromatic nitrogens is 1. The van der Waals surface area contributed by atoms with Crippen molar-refractivity contribution >= 4 is 0 Å². The van der Waals surface area contributed by atoms with Gasteiger partial charge in [0, 0.05) is 24.5 Å². The molecule has 0 radical (unpaired) electrons. The molecule has 1 aromatic heterocycles. The second kappa shape index (κ2) is 5.54. The lowest BCUT2D eigenvalue weighted by Crippen LogP contribution is -2.41. The van der Waals surface area contributed by atoms with Crippen LogP contribution in [0.5, 0.6) is 0 Å². The Bertz CT molecular complexity index is 503. The van der Waals surface area contributed by atoms with Crippen LogP contribution in [0.3, 0.4) is 0 Å². The number of nitrogens with one attached hydrogen (secondary N) is 1. The maximum atomic E-state index is 4.18. The minimum absolute atomic E-state index is 0.385. The quantitative estimate of drug-likeness (QED) is 0.898. The lowest BCUT2D eigenvalue weighted by Gasteiger charge is -2.38. The topological polar surface area (TPSA) is 24.9 Å². The molecule has 0 spiro atoms. The Morgan fingerprint density at radius 3 is 2.58 bits per heavy atom. The molecule has 1 heterocycles. The van der Waals surface area contributed by atoms with Gasteiger partial charge in [-0.05, 0) is 42.9 Å². The monoisotopic (exact) mass is 252 g/mol. The first-order valence-corrected chi connectivity index (χ1v) is 7.04. The van der Waals surface area contributed by atoms with E-state index in [1.807, 2.05) is 18.5 Å². The van der Waals surface area contributed by atoms with Crippen molar-refractivity contribution in [3.63, 3.8) is 0 Å². The van der Waals surface area contributed by atoms with Crippen molar-refractivity contribution in [1.82, 2.24) is 10.3 Å². The summed E-state index contributed by atoms with van der Waals surface area (Å²) >= 11 is 0. The van der Waals surface area contributed by atoms with E-state index in [1.54, 1.807) is 0 Å². The van der Waals surface area contributed by atoms with Crippen LogP contribution < -0.4 is 5.32 Å². The van der Waals surface area contributed by atoms with Gasteiger partial charge in [-0.3, -0.25) is 4.98 Å². The summed E-state index contributed by atoms with van der Waals surface area (Å²) in [5, 5.41) is 3.69. The molecule has 2 heteroatoms. The number of benzene rings is 1. The molecule has 1 atom stereocenters. The molecular formula is C17H20N2. The first kappa shape index (κ1) is 12.4. The van der Waals surface area contributed by atoms with Gasteiger partial charge in [0.2, 0.25) is 0 Å². The van der Waals surface area contributed by atoms with Gasteiger partial charge in [0.25, 0.3) is 0 Å². The SMILES string of the molecule is C[C@H](NC1CC(c2ccccc2)C1)c1cccnc1. The van der Waals surface area contributed by atoms with Gasteiger partial charge in [0.15, 0.2) is 0 Å². The lowest BCUT2D eigenvalue weighted by atomic mass is 9.75. The summed E-state index contributed by atoms with van der Waals surface area (Å²) < 4.78 is 0. The Morgan fingerprint density at radius 2 is 1.89 bits per heavy atom. The highest BCUT2D eigenvalue weighted by Crippen LogP contribution is 2.37. The van der Waals surface area contributed by atoms with E-state index in [9.17, 15) is 0 Å². The molecule has 0 unspecified atom stereocenters. The predicted octanol–water partition coefficient (Wildman–Crippen LogP) is 3.68. The van der Waals surface area contributed by atoms with Gasteiger partial charge in [-0.25, -0.2) is 0 Å². The summed E-state index contributed by atoms with van der Waals surface area (Å²) in [5.41, 5.74) is 2.75. The first-order chi connectivity index (χ1) is 9.33. The average Bonchev–Trinajstić information content (AvgIpc) is 2.44. The molecule has 3 rings (SSSR count). The molecule has 1 fully saturated rings. The second-order valence-electron chi connectivity index (χ2n) is 5.45. The van der Waals surface area contributed by atoms with Crippen molar-refractivity contribution in [2.24, 2.45) is 0 Å². The largest absolute Gasteiger partial charge is 0.307 e. The van der Waals surface area contributed by atoms with Crippen LogP contribution in [0.1, 0.15) is 42.9 Å². The minimum atomic E-state index is 0.385. The van der Waals surface area contributed by atoms with Crippen LogP contribution in [-0.2, 0) is 0 Å². The zero-order valence-corrected chi connectivity index (χ0v) is 11.3. The van der Waals surface area contributed by atoms with Crippen molar-refractivity contribution in [3.05, 3.63) is 66.0 Å². The Labute approximate surface area is 114 Å². The van der Waals surface area contributed by atoms with Crippen LogP contribution in [-0.4, -0.2) is 11.0 Å². The van der Waals surface area contributed by atoms with E-state index in [4.69, 9.17) is 0 Å². The summed E-state index contributed by atoms with van der Waals surface area (Å²) in [6, 6.07) is 16.0. The molecule has 19 heavy (non-hydrogen) atoms. The fraction of sp³-hybridized carbons (Fsp3) is 0.353. The standard InChI is InChI=1S/C17H20N2/c1-13(15-8-5-9-18-12-15)19-17-10-16(11-17)14-6-3-2-4-7-14/h2-9,12-13,16-17,19H,10-11H2,1H3/t13-,16?,17?/m0/s1. The van der Waals surface area contributed by atoms with Gasteiger partial charge in [-0.15, -0.1) is 0 Å². The van der Waals surface area contributed by atoms with Crippen LogP contribution in [0.4, 0.5) is 0 Å². The molecule has 0 bridgehead atoms. The van der Waals surface area contributed by atoms with Crippen LogP contribution >= 0.6 is 0 Å². The second-order valence-corrected chi connectivity index (χ2v) is 5.45. The maximum Gasteiger partial charge on any atom is 0.0315 e. The molecule has 0 saturated heterocycles. The molecule has 0 amide bonds. The fourth-order valence-corrected chi connectivity index (χ4v) is 2.83. The summed E-state index contributed by atoms with van der Waals surface area (Å²) in [6.07, 6.45) is 6.26. The third-order valence-electron chi connectivity index (χ3n) is 4.08. The number of hydrogen-bond acceptors (Lipinski definition) is 2. The molecule has 1 aliphatic carbocycles. The molecule has 1 N–H and O–H groups in total. The third-order valence-corrected chi connectivity index (χ3v) is 4.08. The molecule has 1 aromatic carbocycles. The zero-order valence-electron chi connectivity index (χ0n) is 11.3. The number of hydrogen-bond donors (Lipinski definition) is 1. The highest BCUT2D eigenvalue weighted by molar-refractivity contribution is 5.23. The zero-order chi connectivity index (χ0) is 13.1. The minimum Gasteiger partial charge on any atom is -0.307 e. The van der Waals surface area contributed by atoms with E-state index in [-0.39, 0.29) is 0 Å². The Balaban J connectivity index is 1.52. The highest BCUT2D eigenvalue weighted by atomic mass is 15.0. The van der Waals surface area contributed by atoms with Crippen molar-refractivity contribution < 1.29 is 0 Å². The van der Waals surface area contributed by atoms with Gasteiger partial charge in [-0.1, -0.05) is 36.4 Å². The van der Waals surface area contributed by atoms with Crippen molar-refractivity contribution in [2.75, 3.05) is 0 Å². The van der Waals surface area contributed by atoms with Crippen molar-refractivity contribution in [3.8, 4) is 0 Å². The first-order valence-electron chi connectivity index (χ1n) is 7.04. The summed E-state index contributed by atoms with van der Waals surface area (Å²) in [6.45, 7) is 2.22. The van der Waals surface area contributed by atoms with E-state index in [2.05, 4.69) is 53.6 Å². The molecule has 1 saturated carbocycles. The maximum absolute atomic E-state index is 4.18. The van der Waals surface area contributed by atoms with E-state index >= 15 is 0 Å². The Hall–Kier alpha value is -1.67. The van der Waals surface area contributed by atoms with Gasteiger partial charge >= 0.3 is 0 Å². The van der Waals surface area contributed by atoms with Crippen molar-refractivity contribution in [2.45, 2.75) is 37.8 Å². The van der Waals surface area contributed by atoms with Crippen molar-refractivity contribution in [1.29, 1.82) is 0 Å². The fourth-order valence-electron chi connectivity index (χ4n) is 2.83. The molecule has 98 valence electrons. The van der Waals surface area contributed by atoms with E-state index < -0.39 is 0 Å². The lowest BCUT2D eigenvalue weighted by molar-refractivity contribution is 0.271. The molecule has 1 aliphatic rings. The third kappa shape index (κ3) is 2.85. The van der Waals surface area contributed by atoms with Gasteiger partial charge in [-0.2, -0.15) is 0 Å². The molecule has 2 aromatic rings. The normalized spacial score (nSPS) is 23.6. The summed E-state index contributed by atoms with van der Waals surface area (Å²) in [4.78, 5) is 4.18. The van der Waals surface area contributed by atoms with Gasteiger partial charge in [0.05, 0.1) is 0 Å². The predicted molar refractivity (Wildman–Crippen MR) is 78.0 cm³/mol. The van der Waals surface area contributed by atoms with E-state index in [1.165, 1.54) is 24.0 Å². The molecular weight excluding hydrogens is 232 g/mol. The van der Waals surface area contributed by atoms with Gasteiger partial charge < -0.3 is 5.32 Å². The van der Waals surface area contributed by atoms with Crippen LogP contribution in [0, 0.1) is 0 Å². The molecule has 0 aliphatic heterocycles. The smallest absolute Gasteiger partial charge is 0.0315 e. The van der Waals surface area contributed by atoms with Crippen LogP contribution in [0.25, 0.3) is 0 Å². The average molecular weight is 252 g/mol. The number of rotatable bonds is 4. The Kier molecular flexibility index (Phi) is 3.60. The van der Waals surface area contributed by atoms with Gasteiger partial charge in [0.1, 0.15) is 0 Å². The van der Waals surface area contributed by atoms with E-state index in [0.29, 0.717) is 12.1 Å². The highest BCUT2D eigenvalue weighted by Gasteiger charge is 2.30. The number of pyridine rings is 1. The van der Waals surface area contributed by atoms with Crippen LogP contribution in [0.2, 0.25) is 0 Å². The molecule has 2 nitrogen and oxygen atoms in total. The van der Waals surface area contributed by atoms with E-state index in [0.717, 1.165) is 5.92 Å². The van der Waals surface area contributed by atoms with Crippen LogP contribution in [0.15, 0.2) is 54.9 Å². The Morgan fingerprint density at radius 1 is 1.11 bits per heavy atom. The number of nitrogens with zero attached hydrogens (tertiary/aromatic N) is 1.